The Hall–Kier alpha value is -1.46. The molecule has 0 amide bonds. The molecule has 16 heavy (non-hydrogen) atoms. The summed E-state index contributed by atoms with van der Waals surface area (Å²) in [6, 6.07) is 4.31. The third-order valence-corrected chi connectivity index (χ3v) is 2.44. The molecule has 0 aliphatic heterocycles. The average molecular weight is 244 g/mol. The van der Waals surface area contributed by atoms with Gasteiger partial charge in [-0.15, -0.1) is 0 Å². The van der Waals surface area contributed by atoms with Gasteiger partial charge in [-0.1, -0.05) is 28.8 Å². The molecule has 86 valence electrons. The predicted octanol–water partition coefficient (Wildman–Crippen LogP) is 1.75. The number of aliphatic hydroxyl groups excluding tert-OH is 2. The number of halogens is 1. The van der Waals surface area contributed by atoms with Crippen molar-refractivity contribution in [2.24, 2.45) is 5.11 Å². The second-order valence-corrected chi connectivity index (χ2v) is 3.48. The number of hydrogen-bond acceptors (Lipinski definition) is 4. The van der Waals surface area contributed by atoms with Gasteiger partial charge in [0.15, 0.2) is 0 Å². The van der Waals surface area contributed by atoms with Crippen molar-refractivity contribution in [2.75, 3.05) is 6.54 Å². The molecule has 6 nitrogen and oxygen atoms in total. The number of rotatable bonds is 4. The quantitative estimate of drug-likeness (QED) is 0.426. The molecule has 0 aliphatic rings. The number of phenols is 1. The second kappa shape index (κ2) is 5.58. The molecule has 1 rings (SSSR count). The highest BCUT2D eigenvalue weighted by molar-refractivity contribution is 6.32. The van der Waals surface area contributed by atoms with Crippen molar-refractivity contribution in [1.29, 1.82) is 0 Å². The molecule has 2 unspecified atom stereocenters. The highest BCUT2D eigenvalue weighted by atomic mass is 35.5. The van der Waals surface area contributed by atoms with Gasteiger partial charge in [-0.25, -0.2) is 0 Å². The first-order valence-corrected chi connectivity index (χ1v) is 4.80. The van der Waals surface area contributed by atoms with Crippen LogP contribution in [0.15, 0.2) is 23.3 Å². The molecule has 7 heteroatoms. The van der Waals surface area contributed by atoms with Crippen molar-refractivity contribution in [3.63, 3.8) is 0 Å². The fourth-order valence-electron chi connectivity index (χ4n) is 1.19. The Balaban J connectivity index is 2.91. The molecule has 0 saturated heterocycles. The minimum Gasteiger partial charge on any atom is -0.506 e. The zero-order chi connectivity index (χ0) is 12.1. The van der Waals surface area contributed by atoms with E-state index in [1.807, 2.05) is 0 Å². The summed E-state index contributed by atoms with van der Waals surface area (Å²) in [6.07, 6.45) is -2.58. The molecule has 1 aromatic rings. The number of phenolic OH excluding ortho intramolecular Hbond substituents is 1. The Kier molecular flexibility index (Phi) is 4.39. The summed E-state index contributed by atoms with van der Waals surface area (Å²) in [5.74, 6) is -0.186. The molecule has 0 aliphatic carbocycles. The Morgan fingerprint density at radius 2 is 2.12 bits per heavy atom. The fraction of sp³-hybridized carbons (Fsp3) is 0.333. The van der Waals surface area contributed by atoms with E-state index in [1.54, 1.807) is 0 Å². The lowest BCUT2D eigenvalue weighted by Crippen LogP contribution is -2.21. The molecule has 0 radical (unpaired) electrons. The van der Waals surface area contributed by atoms with Crippen LogP contribution in [0.2, 0.25) is 5.02 Å². The van der Waals surface area contributed by atoms with Crippen molar-refractivity contribution in [2.45, 2.75) is 12.2 Å². The summed E-state index contributed by atoms with van der Waals surface area (Å²) < 4.78 is 0. The fourth-order valence-corrected chi connectivity index (χ4v) is 1.43. The first-order chi connectivity index (χ1) is 7.57. The maximum atomic E-state index is 9.69. The van der Waals surface area contributed by atoms with Crippen LogP contribution < -0.4 is 0 Å². The van der Waals surface area contributed by atoms with Crippen LogP contribution in [-0.2, 0) is 0 Å². The standard InChI is InChI=1S/C9H10ClN3O3/c10-8-5(2-1-3-6(8)14)9(16)7(15)4-12-13-11/h1-3,7,9,14-16H,4H2. The highest BCUT2D eigenvalue weighted by Gasteiger charge is 2.21. The van der Waals surface area contributed by atoms with Crippen molar-refractivity contribution in [3.05, 3.63) is 39.2 Å². The van der Waals surface area contributed by atoms with Gasteiger partial charge in [0, 0.05) is 10.5 Å². The second-order valence-electron chi connectivity index (χ2n) is 3.11. The van der Waals surface area contributed by atoms with E-state index in [1.165, 1.54) is 18.2 Å². The van der Waals surface area contributed by atoms with E-state index >= 15 is 0 Å². The van der Waals surface area contributed by atoms with Crippen LogP contribution in [0, 0.1) is 0 Å². The molecule has 3 N–H and O–H groups in total. The molecular weight excluding hydrogens is 234 g/mol. The molecule has 0 fully saturated rings. The monoisotopic (exact) mass is 243 g/mol. The predicted molar refractivity (Wildman–Crippen MR) is 58.1 cm³/mol. The maximum Gasteiger partial charge on any atom is 0.134 e. The molecule has 0 heterocycles. The largest absolute Gasteiger partial charge is 0.506 e. The Labute approximate surface area is 96.3 Å². The number of aromatic hydroxyl groups is 1. The number of azide groups is 1. The summed E-state index contributed by atoms with van der Waals surface area (Å²) in [7, 11) is 0. The van der Waals surface area contributed by atoms with Gasteiger partial charge >= 0.3 is 0 Å². The number of nitrogens with zero attached hydrogens (tertiary/aromatic N) is 3. The van der Waals surface area contributed by atoms with Gasteiger partial charge in [0.25, 0.3) is 0 Å². The van der Waals surface area contributed by atoms with Crippen LogP contribution in [0.1, 0.15) is 11.7 Å². The van der Waals surface area contributed by atoms with Gasteiger partial charge in [0.2, 0.25) is 0 Å². The van der Waals surface area contributed by atoms with E-state index in [-0.39, 0.29) is 22.9 Å². The smallest absolute Gasteiger partial charge is 0.134 e. The van der Waals surface area contributed by atoms with E-state index in [9.17, 15) is 15.3 Å². The lowest BCUT2D eigenvalue weighted by atomic mass is 10.0. The third-order valence-electron chi connectivity index (χ3n) is 2.02. The minimum atomic E-state index is -1.31. The zero-order valence-corrected chi connectivity index (χ0v) is 8.91. The van der Waals surface area contributed by atoms with E-state index in [0.29, 0.717) is 0 Å². The number of aliphatic hydroxyl groups is 2. The van der Waals surface area contributed by atoms with E-state index in [4.69, 9.17) is 17.1 Å². The Morgan fingerprint density at radius 3 is 2.75 bits per heavy atom. The first-order valence-electron chi connectivity index (χ1n) is 4.42. The molecule has 0 saturated carbocycles. The minimum absolute atomic E-state index is 0.0324. The van der Waals surface area contributed by atoms with Gasteiger partial charge in [-0.05, 0) is 11.6 Å². The van der Waals surface area contributed by atoms with Crippen LogP contribution >= 0.6 is 11.6 Å². The van der Waals surface area contributed by atoms with E-state index < -0.39 is 12.2 Å². The van der Waals surface area contributed by atoms with Crippen molar-refractivity contribution >= 4 is 11.6 Å². The average Bonchev–Trinajstić information content (AvgIpc) is 2.28. The summed E-state index contributed by atoms with van der Waals surface area (Å²) in [5.41, 5.74) is 8.25. The lowest BCUT2D eigenvalue weighted by molar-refractivity contribution is 0.0243. The van der Waals surface area contributed by atoms with Crippen LogP contribution in [0.4, 0.5) is 0 Å². The maximum absolute atomic E-state index is 9.69. The van der Waals surface area contributed by atoms with E-state index in [0.717, 1.165) is 0 Å². The first kappa shape index (κ1) is 12.6. The molecule has 0 aromatic heterocycles. The van der Waals surface area contributed by atoms with Gasteiger partial charge in [0.05, 0.1) is 17.7 Å². The molecule has 2 atom stereocenters. The van der Waals surface area contributed by atoms with Crippen LogP contribution in [0.5, 0.6) is 5.75 Å². The van der Waals surface area contributed by atoms with Crippen molar-refractivity contribution < 1.29 is 15.3 Å². The lowest BCUT2D eigenvalue weighted by Gasteiger charge is -2.17. The number of benzene rings is 1. The van der Waals surface area contributed by atoms with Crippen LogP contribution in [-0.4, -0.2) is 28.0 Å². The molecule has 0 spiro atoms. The van der Waals surface area contributed by atoms with Gasteiger partial charge < -0.3 is 15.3 Å². The summed E-state index contributed by atoms with van der Waals surface area (Å²) >= 11 is 5.74. The SMILES string of the molecule is [N-]=[N+]=NCC(O)C(O)c1cccc(O)c1Cl. The summed E-state index contributed by atoms with van der Waals surface area (Å²) in [5, 5.41) is 31.6. The van der Waals surface area contributed by atoms with Gasteiger partial charge in [-0.2, -0.15) is 0 Å². The molecule has 1 aromatic carbocycles. The highest BCUT2D eigenvalue weighted by Crippen LogP contribution is 2.32. The summed E-state index contributed by atoms with van der Waals surface area (Å²) in [4.78, 5) is 2.46. The molecule has 0 bridgehead atoms. The topological polar surface area (TPSA) is 109 Å². The zero-order valence-electron chi connectivity index (χ0n) is 8.16. The van der Waals surface area contributed by atoms with Gasteiger partial charge in [0.1, 0.15) is 11.9 Å². The van der Waals surface area contributed by atoms with Crippen LogP contribution in [0.25, 0.3) is 10.4 Å². The Bertz CT molecular complexity index is 420. The third kappa shape index (κ3) is 2.77. The summed E-state index contributed by atoms with van der Waals surface area (Å²) in [6.45, 7) is -0.274. The number of hydrogen-bond donors (Lipinski definition) is 3. The van der Waals surface area contributed by atoms with Crippen LogP contribution in [0.3, 0.4) is 0 Å². The normalized spacial score (nSPS) is 13.9. The van der Waals surface area contributed by atoms with Gasteiger partial charge in [-0.3, -0.25) is 0 Å². The van der Waals surface area contributed by atoms with Crippen molar-refractivity contribution in [1.82, 2.24) is 0 Å². The molecular formula is C9H10ClN3O3. The van der Waals surface area contributed by atoms with Crippen molar-refractivity contribution in [3.8, 4) is 5.75 Å². The van der Waals surface area contributed by atoms with E-state index in [2.05, 4.69) is 10.0 Å². The Morgan fingerprint density at radius 1 is 1.44 bits per heavy atom.